The SMILES string of the molecule is CC(C)(C)N(C(=O)O)[C@@H](Cc1ccccc1)[C@H](O)CNCc1ccc(F)c(C(F)(F)F)c1. The van der Waals surface area contributed by atoms with Crippen LogP contribution in [0.4, 0.5) is 22.4 Å². The van der Waals surface area contributed by atoms with E-state index in [1.807, 2.05) is 30.3 Å². The maximum Gasteiger partial charge on any atom is 0.419 e. The lowest BCUT2D eigenvalue weighted by Gasteiger charge is -2.42. The molecule has 0 fully saturated rings. The van der Waals surface area contributed by atoms with Gasteiger partial charge in [-0.25, -0.2) is 9.18 Å². The third-order valence-corrected chi connectivity index (χ3v) is 5.01. The Kier molecular flexibility index (Phi) is 8.25. The topological polar surface area (TPSA) is 72.8 Å². The van der Waals surface area contributed by atoms with Crippen LogP contribution in [0.15, 0.2) is 48.5 Å². The van der Waals surface area contributed by atoms with Gasteiger partial charge in [0.25, 0.3) is 0 Å². The van der Waals surface area contributed by atoms with E-state index in [4.69, 9.17) is 0 Å². The summed E-state index contributed by atoms with van der Waals surface area (Å²) in [5.74, 6) is -1.36. The van der Waals surface area contributed by atoms with Gasteiger partial charge in [-0.15, -0.1) is 0 Å². The Morgan fingerprint density at radius 2 is 1.69 bits per heavy atom. The van der Waals surface area contributed by atoms with E-state index in [0.29, 0.717) is 0 Å². The minimum absolute atomic E-state index is 0.0545. The molecule has 0 aromatic heterocycles. The quantitative estimate of drug-likeness (QED) is 0.504. The predicted molar refractivity (Wildman–Crippen MR) is 113 cm³/mol. The van der Waals surface area contributed by atoms with E-state index >= 15 is 0 Å². The summed E-state index contributed by atoms with van der Waals surface area (Å²) in [6, 6.07) is 11.0. The van der Waals surface area contributed by atoms with Gasteiger partial charge in [0.2, 0.25) is 0 Å². The van der Waals surface area contributed by atoms with Gasteiger partial charge in [-0.1, -0.05) is 36.4 Å². The van der Waals surface area contributed by atoms with E-state index in [1.54, 1.807) is 20.8 Å². The number of rotatable bonds is 8. The molecule has 2 rings (SSSR count). The highest BCUT2D eigenvalue weighted by Gasteiger charge is 2.37. The van der Waals surface area contributed by atoms with E-state index < -0.39 is 41.3 Å². The van der Waals surface area contributed by atoms with Crippen LogP contribution in [0, 0.1) is 5.82 Å². The number of carboxylic acid groups (broad SMARTS) is 1. The highest BCUT2D eigenvalue weighted by atomic mass is 19.4. The molecule has 1 amide bonds. The van der Waals surface area contributed by atoms with Gasteiger partial charge in [-0.2, -0.15) is 13.2 Å². The molecule has 0 saturated heterocycles. The van der Waals surface area contributed by atoms with Crippen molar-refractivity contribution in [2.75, 3.05) is 6.54 Å². The number of hydrogen-bond acceptors (Lipinski definition) is 3. The first-order chi connectivity index (χ1) is 14.8. The maximum atomic E-state index is 13.5. The van der Waals surface area contributed by atoms with Crippen LogP contribution in [0.25, 0.3) is 0 Å². The van der Waals surface area contributed by atoms with Gasteiger partial charge in [0.1, 0.15) is 5.82 Å². The molecule has 9 heteroatoms. The fraction of sp³-hybridized carbons (Fsp3) is 0.435. The number of halogens is 4. The van der Waals surface area contributed by atoms with Crippen LogP contribution in [-0.2, 0) is 19.1 Å². The molecule has 0 saturated carbocycles. The van der Waals surface area contributed by atoms with Crippen LogP contribution in [0.1, 0.15) is 37.5 Å². The van der Waals surface area contributed by atoms with Crippen LogP contribution >= 0.6 is 0 Å². The lowest BCUT2D eigenvalue weighted by atomic mass is 9.94. The standard InChI is InChI=1S/C23H28F4N2O3/c1-22(2,3)29(21(31)32)19(12-15-7-5-4-6-8-15)20(30)14-28-13-16-9-10-18(24)17(11-16)23(25,26)27/h4-11,19-20,28,30H,12-14H2,1-3H3,(H,31,32)/t19-,20+/m0/s1. The molecular formula is C23H28F4N2O3. The summed E-state index contributed by atoms with van der Waals surface area (Å²) < 4.78 is 52.2. The number of carbonyl (C=O) groups is 1. The van der Waals surface area contributed by atoms with Crippen molar-refractivity contribution < 1.29 is 32.6 Å². The molecule has 0 aliphatic heterocycles. The summed E-state index contributed by atoms with van der Waals surface area (Å²) in [6.45, 7) is 5.03. The number of aliphatic hydroxyl groups excluding tert-OH is 1. The maximum absolute atomic E-state index is 13.5. The second-order valence-electron chi connectivity index (χ2n) is 8.59. The van der Waals surface area contributed by atoms with Crippen molar-refractivity contribution in [3.8, 4) is 0 Å². The van der Waals surface area contributed by atoms with Crippen molar-refractivity contribution in [1.82, 2.24) is 10.2 Å². The third kappa shape index (κ3) is 6.93. The molecule has 5 nitrogen and oxygen atoms in total. The normalized spacial score (nSPS) is 14.1. The molecule has 0 unspecified atom stereocenters. The first kappa shape index (κ1) is 25.6. The highest BCUT2D eigenvalue weighted by molar-refractivity contribution is 5.66. The zero-order chi connectivity index (χ0) is 24.1. The van der Waals surface area contributed by atoms with Crippen molar-refractivity contribution in [3.63, 3.8) is 0 Å². The van der Waals surface area contributed by atoms with Crippen molar-refractivity contribution in [1.29, 1.82) is 0 Å². The Morgan fingerprint density at radius 3 is 2.22 bits per heavy atom. The van der Waals surface area contributed by atoms with Crippen molar-refractivity contribution in [3.05, 3.63) is 71.0 Å². The Labute approximate surface area is 184 Å². The van der Waals surface area contributed by atoms with Gasteiger partial charge in [-0.05, 0) is 50.5 Å². The van der Waals surface area contributed by atoms with Crippen molar-refractivity contribution >= 4 is 6.09 Å². The second-order valence-corrected chi connectivity index (χ2v) is 8.59. The molecule has 0 spiro atoms. The average Bonchev–Trinajstić information content (AvgIpc) is 2.67. The van der Waals surface area contributed by atoms with Gasteiger partial charge in [0.15, 0.2) is 0 Å². The molecular weight excluding hydrogens is 428 g/mol. The summed E-state index contributed by atoms with van der Waals surface area (Å²) in [5, 5.41) is 23.5. The highest BCUT2D eigenvalue weighted by Crippen LogP contribution is 2.32. The van der Waals surface area contributed by atoms with Crippen molar-refractivity contribution in [2.24, 2.45) is 0 Å². The molecule has 3 N–H and O–H groups in total. The summed E-state index contributed by atoms with van der Waals surface area (Å²) in [4.78, 5) is 13.2. The molecule has 0 aliphatic rings. The lowest BCUT2D eigenvalue weighted by molar-refractivity contribution is -0.140. The molecule has 32 heavy (non-hydrogen) atoms. The monoisotopic (exact) mass is 456 g/mol. The Hall–Kier alpha value is -2.65. The Bertz CT molecular complexity index is 898. The van der Waals surface area contributed by atoms with Crippen LogP contribution in [0.5, 0.6) is 0 Å². The Balaban J connectivity index is 2.16. The second kappa shape index (κ2) is 10.3. The van der Waals surface area contributed by atoms with Gasteiger partial charge in [0, 0.05) is 18.6 Å². The van der Waals surface area contributed by atoms with Crippen LogP contribution in [0.2, 0.25) is 0 Å². The fourth-order valence-electron chi connectivity index (χ4n) is 3.58. The smallest absolute Gasteiger partial charge is 0.419 e. The number of hydrogen-bond donors (Lipinski definition) is 3. The van der Waals surface area contributed by atoms with Gasteiger partial charge >= 0.3 is 12.3 Å². The number of amides is 1. The van der Waals surface area contributed by atoms with E-state index in [2.05, 4.69) is 5.32 Å². The summed E-state index contributed by atoms with van der Waals surface area (Å²) in [5.41, 5.74) is -1.13. The first-order valence-corrected chi connectivity index (χ1v) is 10.1. The summed E-state index contributed by atoms with van der Waals surface area (Å²) in [6.07, 6.45) is -6.89. The predicted octanol–water partition coefficient (Wildman–Crippen LogP) is 4.68. The number of aliphatic hydroxyl groups is 1. The van der Waals surface area contributed by atoms with E-state index in [9.17, 15) is 32.6 Å². The zero-order valence-corrected chi connectivity index (χ0v) is 18.2. The number of alkyl halides is 3. The van der Waals surface area contributed by atoms with Crippen molar-refractivity contribution in [2.45, 2.75) is 57.6 Å². The first-order valence-electron chi connectivity index (χ1n) is 10.1. The van der Waals surface area contributed by atoms with Gasteiger partial charge in [0.05, 0.1) is 17.7 Å². The van der Waals surface area contributed by atoms with E-state index in [-0.39, 0.29) is 25.1 Å². The molecule has 0 aliphatic carbocycles. The fourth-order valence-corrected chi connectivity index (χ4v) is 3.58. The van der Waals surface area contributed by atoms with Gasteiger partial charge < -0.3 is 15.5 Å². The minimum atomic E-state index is -4.81. The minimum Gasteiger partial charge on any atom is -0.465 e. The zero-order valence-electron chi connectivity index (χ0n) is 18.2. The van der Waals surface area contributed by atoms with E-state index in [1.165, 1.54) is 11.0 Å². The van der Waals surface area contributed by atoms with Gasteiger partial charge in [-0.3, -0.25) is 4.90 Å². The largest absolute Gasteiger partial charge is 0.465 e. The van der Waals surface area contributed by atoms with Crippen LogP contribution < -0.4 is 5.32 Å². The lowest BCUT2D eigenvalue weighted by Crippen LogP contribution is -2.58. The van der Waals surface area contributed by atoms with Crippen LogP contribution in [-0.4, -0.2) is 45.4 Å². The molecule has 0 radical (unpaired) electrons. The Morgan fingerprint density at radius 1 is 1.06 bits per heavy atom. The molecule has 2 aromatic rings. The molecule has 2 atom stereocenters. The molecule has 0 heterocycles. The van der Waals surface area contributed by atoms with Crippen LogP contribution in [0.3, 0.4) is 0 Å². The summed E-state index contributed by atoms with van der Waals surface area (Å²) >= 11 is 0. The molecule has 0 bridgehead atoms. The number of benzene rings is 2. The summed E-state index contributed by atoms with van der Waals surface area (Å²) in [7, 11) is 0. The van der Waals surface area contributed by atoms with E-state index in [0.717, 1.165) is 17.7 Å². The molecule has 176 valence electrons. The number of nitrogens with zero attached hydrogens (tertiary/aromatic N) is 1. The number of nitrogens with one attached hydrogen (secondary N) is 1. The molecule has 2 aromatic carbocycles. The third-order valence-electron chi connectivity index (χ3n) is 5.01. The average molecular weight is 456 g/mol.